The predicted molar refractivity (Wildman–Crippen MR) is 113 cm³/mol. The van der Waals surface area contributed by atoms with Crippen molar-refractivity contribution in [2.75, 3.05) is 7.05 Å². The van der Waals surface area contributed by atoms with E-state index in [1.54, 1.807) is 0 Å². The molecule has 2 heteroatoms. The van der Waals surface area contributed by atoms with E-state index in [0.29, 0.717) is 5.92 Å². The van der Waals surface area contributed by atoms with Crippen LogP contribution in [-0.4, -0.2) is 19.8 Å². The van der Waals surface area contributed by atoms with Crippen LogP contribution in [0.4, 0.5) is 0 Å². The first-order valence-corrected chi connectivity index (χ1v) is 10.1. The second-order valence-electron chi connectivity index (χ2n) is 8.01. The molecule has 0 aliphatic heterocycles. The molecule has 1 aliphatic rings. The Balaban J connectivity index is 2.49. The maximum absolute atomic E-state index is 4.31. The van der Waals surface area contributed by atoms with E-state index in [-0.39, 0.29) is 6.04 Å². The largest absolute Gasteiger partial charge is 0.392 e. The monoisotopic (exact) mass is 344 g/mol. The van der Waals surface area contributed by atoms with Crippen molar-refractivity contribution in [3.8, 4) is 0 Å². The van der Waals surface area contributed by atoms with Gasteiger partial charge in [-0.2, -0.15) is 0 Å². The molecule has 0 aromatic carbocycles. The van der Waals surface area contributed by atoms with Crippen LogP contribution in [0, 0.1) is 17.8 Å². The molecule has 4 atom stereocenters. The van der Waals surface area contributed by atoms with Crippen LogP contribution >= 0.6 is 0 Å². The minimum atomic E-state index is 0.237. The van der Waals surface area contributed by atoms with E-state index in [2.05, 4.69) is 57.0 Å². The van der Waals surface area contributed by atoms with Crippen molar-refractivity contribution < 1.29 is 0 Å². The number of allylic oxidation sites excluding steroid dienone is 3. The summed E-state index contributed by atoms with van der Waals surface area (Å²) >= 11 is 0. The Morgan fingerprint density at radius 1 is 1.32 bits per heavy atom. The standard InChI is InChI=1S/C23H40N2/c1-8-21-10-9-11-22(16-21)19(4)14-17(2)12-13-18(3)23(25-7)15-20(5)24-6/h14,18,21-24H,2,5,7-13,15-16H2,1,3-4,6H3/b19-14+. The van der Waals surface area contributed by atoms with Gasteiger partial charge in [0, 0.05) is 19.2 Å². The SMILES string of the molecule is C=NC(CC(=C)NC)C(C)CCC(=C)/C=C(\C)C1CCCC(CC)C1. The molecule has 142 valence electrons. The minimum absolute atomic E-state index is 0.237. The number of nitrogens with one attached hydrogen (secondary N) is 1. The number of hydrogen-bond acceptors (Lipinski definition) is 2. The summed E-state index contributed by atoms with van der Waals surface area (Å²) in [6.45, 7) is 19.0. The van der Waals surface area contributed by atoms with Crippen molar-refractivity contribution in [2.24, 2.45) is 22.7 Å². The zero-order chi connectivity index (χ0) is 18.8. The summed E-state index contributed by atoms with van der Waals surface area (Å²) in [6, 6.07) is 0.237. The molecule has 1 aliphatic carbocycles. The van der Waals surface area contributed by atoms with Crippen LogP contribution in [0.3, 0.4) is 0 Å². The van der Waals surface area contributed by atoms with E-state index < -0.39 is 0 Å². The summed E-state index contributed by atoms with van der Waals surface area (Å²) in [6.07, 6.45) is 12.2. The van der Waals surface area contributed by atoms with Crippen molar-refractivity contribution >= 4 is 6.72 Å². The fourth-order valence-electron chi connectivity index (χ4n) is 3.99. The average molecular weight is 345 g/mol. The molecule has 1 rings (SSSR count). The lowest BCUT2D eigenvalue weighted by atomic mass is 9.76. The van der Waals surface area contributed by atoms with Crippen LogP contribution < -0.4 is 5.32 Å². The van der Waals surface area contributed by atoms with Gasteiger partial charge in [-0.3, -0.25) is 4.99 Å². The van der Waals surface area contributed by atoms with Crippen molar-refractivity contribution in [3.63, 3.8) is 0 Å². The fraction of sp³-hybridized carbons (Fsp3) is 0.696. The van der Waals surface area contributed by atoms with Gasteiger partial charge >= 0.3 is 0 Å². The Hall–Kier alpha value is -1.31. The first-order chi connectivity index (χ1) is 11.9. The lowest BCUT2D eigenvalue weighted by Crippen LogP contribution is -2.20. The molecular formula is C23H40N2. The van der Waals surface area contributed by atoms with Gasteiger partial charge in [0.15, 0.2) is 0 Å². The molecular weight excluding hydrogens is 304 g/mol. The Labute approximate surface area is 156 Å². The minimum Gasteiger partial charge on any atom is -0.392 e. The Bertz CT molecular complexity index is 474. The van der Waals surface area contributed by atoms with Gasteiger partial charge in [0.2, 0.25) is 0 Å². The summed E-state index contributed by atoms with van der Waals surface area (Å²) in [5.74, 6) is 2.19. The number of rotatable bonds is 11. The molecule has 0 bridgehead atoms. The normalized spacial score (nSPS) is 23.6. The molecule has 1 N–H and O–H groups in total. The van der Waals surface area contributed by atoms with Gasteiger partial charge in [-0.1, -0.05) is 63.5 Å². The maximum Gasteiger partial charge on any atom is 0.0572 e. The molecule has 0 amide bonds. The fourth-order valence-corrected chi connectivity index (χ4v) is 3.99. The molecule has 0 saturated heterocycles. The molecule has 25 heavy (non-hydrogen) atoms. The summed E-state index contributed by atoms with van der Waals surface area (Å²) in [5.41, 5.74) is 3.83. The van der Waals surface area contributed by atoms with Gasteiger partial charge in [0.05, 0.1) is 6.04 Å². The number of hydrogen-bond donors (Lipinski definition) is 1. The van der Waals surface area contributed by atoms with E-state index in [0.717, 1.165) is 36.8 Å². The van der Waals surface area contributed by atoms with E-state index in [1.807, 2.05) is 7.05 Å². The Morgan fingerprint density at radius 3 is 2.64 bits per heavy atom. The molecule has 1 fully saturated rings. The molecule has 0 aromatic heterocycles. The van der Waals surface area contributed by atoms with Crippen molar-refractivity contribution in [2.45, 2.75) is 78.2 Å². The van der Waals surface area contributed by atoms with Crippen molar-refractivity contribution in [1.29, 1.82) is 0 Å². The first kappa shape index (κ1) is 21.7. The lowest BCUT2D eigenvalue weighted by molar-refractivity contribution is 0.288. The second kappa shape index (κ2) is 11.3. The second-order valence-corrected chi connectivity index (χ2v) is 8.01. The Kier molecular flexibility index (Phi) is 9.85. The number of nitrogens with zero attached hydrogens (tertiary/aromatic N) is 1. The van der Waals surface area contributed by atoms with Crippen molar-refractivity contribution in [3.05, 3.63) is 36.1 Å². The maximum atomic E-state index is 4.31. The van der Waals surface area contributed by atoms with Crippen LogP contribution in [-0.2, 0) is 0 Å². The smallest absolute Gasteiger partial charge is 0.0572 e. The van der Waals surface area contributed by atoms with Crippen molar-refractivity contribution in [1.82, 2.24) is 5.32 Å². The van der Waals surface area contributed by atoms with Crippen LogP contribution in [0.1, 0.15) is 72.1 Å². The van der Waals surface area contributed by atoms with Crippen LogP contribution in [0.25, 0.3) is 0 Å². The molecule has 4 unspecified atom stereocenters. The zero-order valence-electron chi connectivity index (χ0n) is 17.1. The highest BCUT2D eigenvalue weighted by atomic mass is 14.9. The van der Waals surface area contributed by atoms with Gasteiger partial charge in [-0.25, -0.2) is 0 Å². The molecule has 0 radical (unpaired) electrons. The number of aliphatic imine (C=N–C) groups is 1. The van der Waals surface area contributed by atoms with Gasteiger partial charge in [-0.15, -0.1) is 0 Å². The summed E-state index contributed by atoms with van der Waals surface area (Å²) in [7, 11) is 1.91. The van der Waals surface area contributed by atoms with Crippen LogP contribution in [0.5, 0.6) is 0 Å². The van der Waals surface area contributed by atoms with E-state index in [4.69, 9.17) is 0 Å². The summed E-state index contributed by atoms with van der Waals surface area (Å²) in [4.78, 5) is 4.31. The third kappa shape index (κ3) is 7.63. The molecule has 0 heterocycles. The highest BCUT2D eigenvalue weighted by molar-refractivity contribution is 5.25. The predicted octanol–water partition coefficient (Wildman–Crippen LogP) is 6.31. The van der Waals surface area contributed by atoms with Crippen LogP contribution in [0.2, 0.25) is 0 Å². The van der Waals surface area contributed by atoms with Crippen LogP contribution in [0.15, 0.2) is 41.1 Å². The Morgan fingerprint density at radius 2 is 2.04 bits per heavy atom. The van der Waals surface area contributed by atoms with Gasteiger partial charge in [0.1, 0.15) is 0 Å². The lowest BCUT2D eigenvalue weighted by Gasteiger charge is -2.29. The van der Waals surface area contributed by atoms with Gasteiger partial charge < -0.3 is 5.32 Å². The van der Waals surface area contributed by atoms with E-state index in [9.17, 15) is 0 Å². The molecule has 0 aromatic rings. The third-order valence-corrected chi connectivity index (χ3v) is 6.06. The third-order valence-electron chi connectivity index (χ3n) is 6.06. The highest BCUT2D eigenvalue weighted by Gasteiger charge is 2.22. The quantitative estimate of drug-likeness (QED) is 0.344. The van der Waals surface area contributed by atoms with E-state index >= 15 is 0 Å². The average Bonchev–Trinajstić information content (AvgIpc) is 2.63. The van der Waals surface area contributed by atoms with E-state index in [1.165, 1.54) is 43.3 Å². The van der Waals surface area contributed by atoms with Gasteiger partial charge in [0.25, 0.3) is 0 Å². The molecule has 2 nitrogen and oxygen atoms in total. The zero-order valence-corrected chi connectivity index (χ0v) is 17.1. The molecule has 1 saturated carbocycles. The highest BCUT2D eigenvalue weighted by Crippen LogP contribution is 2.35. The van der Waals surface area contributed by atoms with Gasteiger partial charge in [-0.05, 0) is 57.1 Å². The summed E-state index contributed by atoms with van der Waals surface area (Å²) in [5, 5.41) is 3.11. The molecule has 0 spiro atoms. The first-order valence-electron chi connectivity index (χ1n) is 10.1. The topological polar surface area (TPSA) is 24.4 Å². The summed E-state index contributed by atoms with van der Waals surface area (Å²) < 4.78 is 0.